The van der Waals surface area contributed by atoms with Crippen molar-refractivity contribution in [3.8, 4) is 0 Å². The zero-order valence-electron chi connectivity index (χ0n) is 13.3. The van der Waals surface area contributed by atoms with E-state index in [1.807, 2.05) is 0 Å². The summed E-state index contributed by atoms with van der Waals surface area (Å²) in [6.07, 6.45) is 2.08. The molecular formula is C15H20N4O3S2. The fraction of sp³-hybridized carbons (Fsp3) is 0.600. The van der Waals surface area contributed by atoms with Crippen molar-refractivity contribution in [1.82, 2.24) is 18.0 Å². The average Bonchev–Trinajstić information content (AvgIpc) is 3.11. The molecule has 3 heterocycles. The summed E-state index contributed by atoms with van der Waals surface area (Å²) >= 11 is 1.05. The van der Waals surface area contributed by atoms with Gasteiger partial charge >= 0.3 is 0 Å². The maximum atomic E-state index is 13.0. The van der Waals surface area contributed by atoms with Crippen LogP contribution in [0.4, 0.5) is 0 Å². The molecule has 1 aromatic heterocycles. The largest absolute Gasteiger partial charge is 0.381 e. The van der Waals surface area contributed by atoms with E-state index >= 15 is 0 Å². The maximum Gasteiger partial charge on any atom is 0.245 e. The normalized spacial score (nSPS) is 22.2. The van der Waals surface area contributed by atoms with Gasteiger partial charge < -0.3 is 4.74 Å². The van der Waals surface area contributed by atoms with E-state index in [1.54, 1.807) is 22.5 Å². The van der Waals surface area contributed by atoms with Crippen LogP contribution in [0.15, 0.2) is 23.1 Å². The molecule has 9 heteroatoms. The Balaban J connectivity index is 1.51. The summed E-state index contributed by atoms with van der Waals surface area (Å²) < 4.78 is 41.3. The Morgan fingerprint density at radius 1 is 1.08 bits per heavy atom. The predicted molar refractivity (Wildman–Crippen MR) is 91.6 cm³/mol. The van der Waals surface area contributed by atoms with Crippen LogP contribution < -0.4 is 0 Å². The lowest BCUT2D eigenvalue weighted by molar-refractivity contribution is 0.0229. The Morgan fingerprint density at radius 3 is 2.58 bits per heavy atom. The van der Waals surface area contributed by atoms with Crippen LogP contribution in [0.5, 0.6) is 0 Å². The Labute approximate surface area is 145 Å². The molecule has 0 atom stereocenters. The molecule has 0 spiro atoms. The number of benzene rings is 1. The molecule has 130 valence electrons. The van der Waals surface area contributed by atoms with Gasteiger partial charge in [0.05, 0.1) is 11.7 Å². The van der Waals surface area contributed by atoms with E-state index in [2.05, 4.69) is 13.6 Å². The number of piperazine rings is 1. The number of hydrogen-bond acceptors (Lipinski definition) is 7. The van der Waals surface area contributed by atoms with E-state index in [0.29, 0.717) is 30.2 Å². The molecule has 2 aromatic rings. The number of sulfonamides is 1. The van der Waals surface area contributed by atoms with Gasteiger partial charge in [-0.3, -0.25) is 4.90 Å². The first-order valence-corrected chi connectivity index (χ1v) is 10.4. The van der Waals surface area contributed by atoms with Gasteiger partial charge in [0.15, 0.2) is 0 Å². The zero-order valence-corrected chi connectivity index (χ0v) is 14.9. The molecule has 4 rings (SSSR count). The van der Waals surface area contributed by atoms with Crippen molar-refractivity contribution in [1.29, 1.82) is 0 Å². The van der Waals surface area contributed by atoms with Crippen molar-refractivity contribution in [2.45, 2.75) is 23.8 Å². The number of fused-ring (bicyclic) bond motifs is 1. The fourth-order valence-corrected chi connectivity index (χ4v) is 5.66. The van der Waals surface area contributed by atoms with Crippen molar-refractivity contribution in [2.75, 3.05) is 39.4 Å². The second-order valence-electron chi connectivity index (χ2n) is 6.17. The van der Waals surface area contributed by atoms with E-state index < -0.39 is 10.0 Å². The van der Waals surface area contributed by atoms with Gasteiger partial charge in [0.25, 0.3) is 0 Å². The molecule has 7 nitrogen and oxygen atoms in total. The maximum absolute atomic E-state index is 13.0. The summed E-state index contributed by atoms with van der Waals surface area (Å²) in [6, 6.07) is 5.68. The van der Waals surface area contributed by atoms with Crippen molar-refractivity contribution in [3.05, 3.63) is 18.2 Å². The van der Waals surface area contributed by atoms with E-state index in [1.165, 1.54) is 0 Å². The number of hydrogen-bond donors (Lipinski definition) is 0. The number of ether oxygens (including phenoxy) is 1. The minimum atomic E-state index is -3.53. The van der Waals surface area contributed by atoms with Crippen molar-refractivity contribution < 1.29 is 13.2 Å². The van der Waals surface area contributed by atoms with Crippen LogP contribution >= 0.6 is 11.7 Å². The van der Waals surface area contributed by atoms with Crippen LogP contribution in [0, 0.1) is 0 Å². The molecule has 0 amide bonds. The Kier molecular flexibility index (Phi) is 4.52. The van der Waals surface area contributed by atoms with Gasteiger partial charge in [0.1, 0.15) is 15.9 Å². The van der Waals surface area contributed by atoms with Crippen molar-refractivity contribution in [2.24, 2.45) is 0 Å². The highest BCUT2D eigenvalue weighted by atomic mass is 32.2. The third-order valence-electron chi connectivity index (χ3n) is 4.85. The zero-order chi connectivity index (χ0) is 16.6. The molecule has 0 bridgehead atoms. The number of nitrogens with zero attached hydrogens (tertiary/aromatic N) is 4. The molecular weight excluding hydrogens is 348 g/mol. The molecule has 2 fully saturated rings. The van der Waals surface area contributed by atoms with E-state index in [4.69, 9.17) is 4.74 Å². The van der Waals surface area contributed by atoms with Gasteiger partial charge in [-0.1, -0.05) is 6.07 Å². The SMILES string of the molecule is O=S(=O)(c1cccc2nsnc12)N1CCN(C2CCOCC2)CC1. The van der Waals surface area contributed by atoms with E-state index in [0.717, 1.165) is 50.9 Å². The second kappa shape index (κ2) is 6.64. The van der Waals surface area contributed by atoms with Crippen LogP contribution in [-0.2, 0) is 14.8 Å². The summed E-state index contributed by atoms with van der Waals surface area (Å²) in [5.74, 6) is 0. The summed E-state index contributed by atoms with van der Waals surface area (Å²) in [5.41, 5.74) is 1.12. The Hall–Kier alpha value is -1.13. The molecule has 2 aliphatic heterocycles. The first-order valence-electron chi connectivity index (χ1n) is 8.19. The van der Waals surface area contributed by atoms with E-state index in [9.17, 15) is 8.42 Å². The minimum absolute atomic E-state index is 0.272. The molecule has 0 radical (unpaired) electrons. The van der Waals surface area contributed by atoms with Gasteiger partial charge in [-0.2, -0.15) is 13.1 Å². The highest BCUT2D eigenvalue weighted by molar-refractivity contribution is 7.89. The Morgan fingerprint density at radius 2 is 1.83 bits per heavy atom. The van der Waals surface area contributed by atoms with Crippen molar-refractivity contribution in [3.63, 3.8) is 0 Å². The van der Waals surface area contributed by atoms with Gasteiger partial charge in [-0.25, -0.2) is 8.42 Å². The van der Waals surface area contributed by atoms with Gasteiger partial charge in [0, 0.05) is 45.4 Å². The monoisotopic (exact) mass is 368 g/mol. The van der Waals surface area contributed by atoms with Gasteiger partial charge in [-0.05, 0) is 25.0 Å². The first kappa shape index (κ1) is 16.3. The second-order valence-corrected chi connectivity index (χ2v) is 8.61. The van der Waals surface area contributed by atoms with Crippen LogP contribution in [0.2, 0.25) is 0 Å². The lowest BCUT2D eigenvalue weighted by atomic mass is 10.1. The van der Waals surface area contributed by atoms with Gasteiger partial charge in [0.2, 0.25) is 10.0 Å². The summed E-state index contributed by atoms with van der Waals surface area (Å²) in [5, 5.41) is 0. The smallest absolute Gasteiger partial charge is 0.245 e. The third kappa shape index (κ3) is 2.95. The predicted octanol–water partition coefficient (Wildman–Crippen LogP) is 1.18. The average molecular weight is 368 g/mol. The highest BCUT2D eigenvalue weighted by Crippen LogP contribution is 2.26. The minimum Gasteiger partial charge on any atom is -0.381 e. The van der Waals surface area contributed by atoms with Crippen LogP contribution in [0.3, 0.4) is 0 Å². The highest BCUT2D eigenvalue weighted by Gasteiger charge is 2.33. The molecule has 0 aliphatic carbocycles. The summed E-state index contributed by atoms with van der Waals surface area (Å²) in [7, 11) is -3.53. The number of aromatic nitrogens is 2. The van der Waals surface area contributed by atoms with Gasteiger partial charge in [-0.15, -0.1) is 0 Å². The standard InChI is InChI=1S/C15H20N4O3S2/c20-24(21,14-3-1-2-13-15(14)17-23-16-13)19-8-6-18(7-9-19)12-4-10-22-11-5-12/h1-3,12H,4-11H2. The van der Waals surface area contributed by atoms with Crippen LogP contribution in [0.25, 0.3) is 11.0 Å². The summed E-state index contributed by atoms with van der Waals surface area (Å²) in [4.78, 5) is 2.67. The van der Waals surface area contributed by atoms with E-state index in [-0.39, 0.29) is 4.90 Å². The topological polar surface area (TPSA) is 75.6 Å². The number of rotatable bonds is 3. The third-order valence-corrected chi connectivity index (χ3v) is 7.32. The van der Waals surface area contributed by atoms with Crippen LogP contribution in [-0.4, -0.2) is 71.8 Å². The molecule has 24 heavy (non-hydrogen) atoms. The lowest BCUT2D eigenvalue weighted by Crippen LogP contribution is -2.52. The molecule has 2 saturated heterocycles. The Bertz CT molecular complexity index is 809. The quantitative estimate of drug-likeness (QED) is 0.810. The lowest BCUT2D eigenvalue weighted by Gasteiger charge is -2.40. The molecule has 0 unspecified atom stereocenters. The molecule has 1 aromatic carbocycles. The fourth-order valence-electron chi connectivity index (χ4n) is 3.49. The van der Waals surface area contributed by atoms with Crippen molar-refractivity contribution >= 4 is 32.8 Å². The summed E-state index contributed by atoms with van der Waals surface area (Å²) in [6.45, 7) is 4.20. The van der Waals surface area contributed by atoms with Crippen LogP contribution in [0.1, 0.15) is 12.8 Å². The molecule has 2 aliphatic rings. The molecule has 0 N–H and O–H groups in total. The first-order chi connectivity index (χ1) is 11.7. The molecule has 0 saturated carbocycles.